The monoisotopic (exact) mass is 411 g/mol. The van der Waals surface area contributed by atoms with Crippen LogP contribution in [0, 0.1) is 11.3 Å². The van der Waals surface area contributed by atoms with E-state index in [0.717, 1.165) is 24.1 Å². The first-order chi connectivity index (χ1) is 14.3. The fourth-order valence-electron chi connectivity index (χ4n) is 4.62. The smallest absolute Gasteiger partial charge is 0.315 e. The van der Waals surface area contributed by atoms with Gasteiger partial charge in [-0.25, -0.2) is 0 Å². The summed E-state index contributed by atoms with van der Waals surface area (Å²) in [5.74, 6) is 0.00257. The molecule has 1 aromatic rings. The number of allylic oxidation sites excluding steroid dienone is 2. The Balaban J connectivity index is 1.79. The van der Waals surface area contributed by atoms with Gasteiger partial charge in [0.1, 0.15) is 5.92 Å². The Morgan fingerprint density at radius 3 is 2.77 bits per heavy atom. The lowest BCUT2D eigenvalue weighted by atomic mass is 9.67. The maximum atomic E-state index is 13.3. The molecule has 1 aromatic carbocycles. The number of Topliss-reactive ketones (excluding diaryl/α,β-unsaturated/α-hetero) is 1. The summed E-state index contributed by atoms with van der Waals surface area (Å²) in [6.45, 7) is 8.63. The third-order valence-corrected chi connectivity index (χ3v) is 6.05. The van der Waals surface area contributed by atoms with Crippen molar-refractivity contribution in [3.05, 3.63) is 35.0 Å². The lowest BCUT2D eigenvalue weighted by Crippen LogP contribution is -2.39. The number of carbonyl (C=O) groups is 2. The molecular formula is C24H29NO5. The Morgan fingerprint density at radius 1 is 1.23 bits per heavy atom. The van der Waals surface area contributed by atoms with Gasteiger partial charge in [-0.15, -0.1) is 0 Å². The van der Waals surface area contributed by atoms with E-state index in [9.17, 15) is 9.59 Å². The number of hydrogen-bond acceptors (Lipinski definition) is 6. The second kappa shape index (κ2) is 7.89. The number of fused-ring (bicyclic) bond motifs is 1. The van der Waals surface area contributed by atoms with Crippen LogP contribution in [0.1, 0.15) is 64.9 Å². The number of carbonyl (C=O) groups excluding carboxylic acids is 2. The molecule has 0 radical (unpaired) electrons. The highest BCUT2D eigenvalue weighted by Gasteiger charge is 2.46. The van der Waals surface area contributed by atoms with Gasteiger partial charge in [0, 0.05) is 29.3 Å². The van der Waals surface area contributed by atoms with Crippen LogP contribution in [0.5, 0.6) is 11.5 Å². The van der Waals surface area contributed by atoms with Gasteiger partial charge in [-0.1, -0.05) is 33.3 Å². The minimum absolute atomic E-state index is 0.0616. The average Bonchev–Trinajstić information content (AvgIpc) is 3.13. The summed E-state index contributed by atoms with van der Waals surface area (Å²) in [4.78, 5) is 31.1. The van der Waals surface area contributed by atoms with Crippen molar-refractivity contribution in [1.29, 1.82) is 0 Å². The van der Waals surface area contributed by atoms with Crippen molar-refractivity contribution in [1.82, 2.24) is 0 Å². The minimum atomic E-state index is -0.619. The summed E-state index contributed by atoms with van der Waals surface area (Å²) in [5, 5.41) is 0. The van der Waals surface area contributed by atoms with Crippen molar-refractivity contribution in [2.45, 2.75) is 59.3 Å². The molecule has 4 rings (SSSR count). The molecule has 0 fully saturated rings. The fraction of sp³-hybridized carbons (Fsp3) is 0.542. The Labute approximate surface area is 177 Å². The second-order valence-electron chi connectivity index (χ2n) is 9.14. The van der Waals surface area contributed by atoms with Gasteiger partial charge in [0.25, 0.3) is 0 Å². The van der Waals surface area contributed by atoms with E-state index < -0.39 is 11.8 Å². The van der Waals surface area contributed by atoms with Crippen LogP contribution in [0.2, 0.25) is 0 Å². The first-order valence-electron chi connectivity index (χ1n) is 10.7. The molecule has 6 heteroatoms. The first kappa shape index (κ1) is 20.6. The molecule has 0 aromatic heterocycles. The van der Waals surface area contributed by atoms with E-state index in [1.807, 2.05) is 25.1 Å². The summed E-state index contributed by atoms with van der Waals surface area (Å²) < 4.78 is 16.6. The van der Waals surface area contributed by atoms with Gasteiger partial charge in [0.05, 0.1) is 6.61 Å². The Kier molecular flexibility index (Phi) is 5.43. The molecule has 1 aliphatic carbocycles. The van der Waals surface area contributed by atoms with Crippen molar-refractivity contribution < 1.29 is 23.8 Å². The maximum Gasteiger partial charge on any atom is 0.315 e. The summed E-state index contributed by atoms with van der Waals surface area (Å²) in [7, 11) is 0. The zero-order chi connectivity index (χ0) is 21.5. The summed E-state index contributed by atoms with van der Waals surface area (Å²) in [6, 6.07) is 5.64. The largest absolute Gasteiger partial charge is 0.465 e. The zero-order valence-electron chi connectivity index (χ0n) is 18.1. The Morgan fingerprint density at radius 2 is 2.00 bits per heavy atom. The summed E-state index contributed by atoms with van der Waals surface area (Å²) in [5.41, 5.74) is 2.85. The van der Waals surface area contributed by atoms with Crippen molar-refractivity contribution in [3.8, 4) is 11.5 Å². The van der Waals surface area contributed by atoms with E-state index in [2.05, 4.69) is 20.8 Å². The van der Waals surface area contributed by atoms with Crippen LogP contribution in [0.4, 0.5) is 0 Å². The molecule has 1 unspecified atom stereocenters. The van der Waals surface area contributed by atoms with Crippen LogP contribution in [0.25, 0.3) is 0 Å². The van der Waals surface area contributed by atoms with Gasteiger partial charge in [-0.05, 0) is 42.9 Å². The molecule has 2 heterocycles. The van der Waals surface area contributed by atoms with Gasteiger partial charge in [-0.3, -0.25) is 14.6 Å². The van der Waals surface area contributed by atoms with Crippen LogP contribution >= 0.6 is 0 Å². The molecule has 2 aliphatic heterocycles. The average molecular weight is 411 g/mol. The van der Waals surface area contributed by atoms with Crippen LogP contribution in [-0.4, -0.2) is 30.9 Å². The predicted molar refractivity (Wildman–Crippen MR) is 113 cm³/mol. The molecule has 0 saturated carbocycles. The number of ketones is 1. The van der Waals surface area contributed by atoms with Crippen LogP contribution in [0.15, 0.2) is 34.5 Å². The molecule has 160 valence electrons. The molecule has 0 spiro atoms. The van der Waals surface area contributed by atoms with Gasteiger partial charge < -0.3 is 14.2 Å². The SMILES string of the molecule is CCCCOC(=O)C1C(C)=NC2=C(C(=O)CC(C)(C)C2)[C@@H]1c1ccc2c(c1)OCO2. The van der Waals surface area contributed by atoms with E-state index in [4.69, 9.17) is 19.2 Å². The number of rotatable bonds is 5. The van der Waals surface area contributed by atoms with Gasteiger partial charge in [0.15, 0.2) is 17.3 Å². The van der Waals surface area contributed by atoms with Gasteiger partial charge >= 0.3 is 5.97 Å². The van der Waals surface area contributed by atoms with E-state index in [0.29, 0.717) is 42.2 Å². The standard InChI is InChI=1S/C24H29NO5/c1-5-6-9-28-23(27)20-14(2)25-16-11-24(3,4)12-17(26)22(16)21(20)15-7-8-18-19(10-15)30-13-29-18/h7-8,10,20-21H,5-6,9,11-13H2,1-4H3/t20?,21-/m1/s1. The number of aliphatic imine (C=N–C) groups is 1. The number of unbranched alkanes of at least 4 members (excludes halogenated alkanes) is 1. The number of hydrogen-bond donors (Lipinski definition) is 0. The molecule has 0 bridgehead atoms. The third kappa shape index (κ3) is 3.75. The van der Waals surface area contributed by atoms with E-state index in [1.165, 1.54) is 0 Å². The maximum absolute atomic E-state index is 13.3. The zero-order valence-corrected chi connectivity index (χ0v) is 18.1. The highest BCUT2D eigenvalue weighted by molar-refractivity contribution is 6.09. The summed E-state index contributed by atoms with van der Waals surface area (Å²) in [6.07, 6.45) is 2.91. The molecule has 0 N–H and O–H groups in total. The molecule has 3 aliphatic rings. The molecule has 0 saturated heterocycles. The molecule has 30 heavy (non-hydrogen) atoms. The van der Waals surface area contributed by atoms with Crippen LogP contribution < -0.4 is 9.47 Å². The third-order valence-electron chi connectivity index (χ3n) is 6.05. The van der Waals surface area contributed by atoms with Gasteiger partial charge in [-0.2, -0.15) is 0 Å². The Bertz CT molecular complexity index is 943. The van der Waals surface area contributed by atoms with E-state index in [1.54, 1.807) is 0 Å². The number of nitrogens with zero attached hydrogens (tertiary/aromatic N) is 1. The lowest BCUT2D eigenvalue weighted by Gasteiger charge is -2.39. The second-order valence-corrected chi connectivity index (χ2v) is 9.14. The number of esters is 1. The van der Waals surface area contributed by atoms with Crippen molar-refractivity contribution in [2.75, 3.05) is 13.4 Å². The normalized spacial score (nSPS) is 24.4. The quantitative estimate of drug-likeness (QED) is 0.524. The molecule has 6 nitrogen and oxygen atoms in total. The van der Waals surface area contributed by atoms with Crippen molar-refractivity contribution >= 4 is 17.5 Å². The van der Waals surface area contributed by atoms with Crippen molar-refractivity contribution in [2.24, 2.45) is 16.3 Å². The molecular weight excluding hydrogens is 382 g/mol. The van der Waals surface area contributed by atoms with E-state index >= 15 is 0 Å². The van der Waals surface area contributed by atoms with Gasteiger partial charge in [0.2, 0.25) is 6.79 Å². The minimum Gasteiger partial charge on any atom is -0.465 e. The first-order valence-corrected chi connectivity index (χ1v) is 10.7. The van der Waals surface area contributed by atoms with Crippen LogP contribution in [-0.2, 0) is 14.3 Å². The number of benzene rings is 1. The number of ether oxygens (including phenoxy) is 3. The van der Waals surface area contributed by atoms with Crippen molar-refractivity contribution in [3.63, 3.8) is 0 Å². The lowest BCUT2D eigenvalue weighted by molar-refractivity contribution is -0.146. The Hall–Kier alpha value is -2.63. The highest BCUT2D eigenvalue weighted by atomic mass is 16.7. The highest BCUT2D eigenvalue weighted by Crippen LogP contribution is 2.49. The topological polar surface area (TPSA) is 74.2 Å². The summed E-state index contributed by atoms with van der Waals surface area (Å²) >= 11 is 0. The van der Waals surface area contributed by atoms with Crippen LogP contribution in [0.3, 0.4) is 0 Å². The van der Waals surface area contributed by atoms with E-state index in [-0.39, 0.29) is 24.0 Å². The predicted octanol–water partition coefficient (Wildman–Crippen LogP) is 4.58. The molecule has 2 atom stereocenters. The molecule has 0 amide bonds. The fourth-order valence-corrected chi connectivity index (χ4v) is 4.62.